The maximum absolute atomic E-state index is 11.9. The molecule has 0 fully saturated rings. The first-order chi connectivity index (χ1) is 12.4. The Labute approximate surface area is 155 Å². The average molecular weight is 370 g/mol. The molecule has 4 rings (SSSR count). The minimum atomic E-state index is -0.957. The minimum Gasteiger partial charge on any atom is -0.465 e. The summed E-state index contributed by atoms with van der Waals surface area (Å²) in [5.41, 5.74) is 7.50. The van der Waals surface area contributed by atoms with E-state index in [2.05, 4.69) is 0 Å². The van der Waals surface area contributed by atoms with Crippen molar-refractivity contribution in [2.75, 3.05) is 12.8 Å². The monoisotopic (exact) mass is 369 g/mol. The van der Waals surface area contributed by atoms with Crippen LogP contribution in [0.5, 0.6) is 11.5 Å². The fourth-order valence-corrected chi connectivity index (χ4v) is 3.21. The zero-order valence-electron chi connectivity index (χ0n) is 14.2. The predicted octanol–water partition coefficient (Wildman–Crippen LogP) is 4.51. The number of nitrogen functional groups attached to an aromatic ring is 1. The lowest BCUT2D eigenvalue weighted by atomic mass is 10.0. The van der Waals surface area contributed by atoms with Gasteiger partial charge < -0.3 is 19.9 Å². The van der Waals surface area contributed by atoms with Gasteiger partial charge in [0.15, 0.2) is 11.5 Å². The highest BCUT2D eigenvalue weighted by Crippen LogP contribution is 2.46. The molecule has 6 heteroatoms. The molecule has 1 atom stereocenters. The molecule has 0 spiro atoms. The topological polar surface area (TPSA) is 70.8 Å². The highest BCUT2D eigenvalue weighted by atomic mass is 35.5. The third-order valence-corrected chi connectivity index (χ3v) is 4.71. The molecule has 1 unspecified atom stereocenters. The van der Waals surface area contributed by atoms with Gasteiger partial charge in [0.2, 0.25) is 0 Å². The fourth-order valence-electron chi connectivity index (χ4n) is 3.08. The van der Waals surface area contributed by atoms with Crippen LogP contribution in [0.3, 0.4) is 0 Å². The number of fused-ring (bicyclic) bond motifs is 2. The van der Waals surface area contributed by atoms with Crippen molar-refractivity contribution in [3.63, 3.8) is 0 Å². The smallest absolute Gasteiger partial charge is 0.339 e. The van der Waals surface area contributed by atoms with Crippen LogP contribution < -0.4 is 15.2 Å². The minimum absolute atomic E-state index is 0.319. The van der Waals surface area contributed by atoms with E-state index in [0.717, 1.165) is 16.3 Å². The Morgan fingerprint density at radius 3 is 2.19 bits per heavy atom. The number of nitrogens with two attached hydrogens (primary N) is 1. The molecule has 5 nitrogen and oxygen atoms in total. The number of carbonyl (C=O) groups excluding carboxylic acids is 1. The Kier molecular flexibility index (Phi) is 3.70. The molecule has 0 saturated heterocycles. The predicted molar refractivity (Wildman–Crippen MR) is 99.8 cm³/mol. The molecule has 0 radical (unpaired) electrons. The third-order valence-electron chi connectivity index (χ3n) is 4.45. The molecule has 3 aromatic carbocycles. The number of halogens is 1. The first kappa shape index (κ1) is 16.5. The number of anilines is 1. The number of esters is 1. The van der Waals surface area contributed by atoms with Gasteiger partial charge in [-0.15, -0.1) is 0 Å². The number of benzene rings is 3. The van der Waals surface area contributed by atoms with Crippen LogP contribution in [-0.4, -0.2) is 13.1 Å². The van der Waals surface area contributed by atoms with Gasteiger partial charge in [-0.05, 0) is 59.3 Å². The van der Waals surface area contributed by atoms with Gasteiger partial charge >= 0.3 is 5.97 Å². The van der Waals surface area contributed by atoms with Gasteiger partial charge in [0.1, 0.15) is 0 Å². The highest BCUT2D eigenvalue weighted by Gasteiger charge is 2.39. The summed E-state index contributed by atoms with van der Waals surface area (Å²) in [6.45, 7) is 1.84. The second-order valence-corrected chi connectivity index (χ2v) is 6.67. The van der Waals surface area contributed by atoms with Crippen molar-refractivity contribution in [3.8, 4) is 11.5 Å². The van der Waals surface area contributed by atoms with Crippen LogP contribution in [0, 0.1) is 0 Å². The summed E-state index contributed by atoms with van der Waals surface area (Å²) in [7, 11) is 1.32. The van der Waals surface area contributed by atoms with E-state index in [-0.39, 0.29) is 0 Å². The van der Waals surface area contributed by atoms with Gasteiger partial charge in [0.25, 0.3) is 5.79 Å². The first-order valence-corrected chi connectivity index (χ1v) is 8.37. The molecule has 26 heavy (non-hydrogen) atoms. The zero-order chi connectivity index (χ0) is 18.5. The molecule has 0 aromatic heterocycles. The quantitative estimate of drug-likeness (QED) is 0.531. The number of carbonyl (C=O) groups is 1. The van der Waals surface area contributed by atoms with E-state index in [1.807, 2.05) is 31.2 Å². The van der Waals surface area contributed by atoms with Crippen LogP contribution in [0.2, 0.25) is 5.02 Å². The number of ether oxygens (including phenoxy) is 3. The molecular formula is C20H16ClNO4. The lowest BCUT2D eigenvalue weighted by Crippen LogP contribution is -2.31. The lowest BCUT2D eigenvalue weighted by molar-refractivity contribution is -0.0679. The van der Waals surface area contributed by atoms with E-state index < -0.39 is 11.8 Å². The van der Waals surface area contributed by atoms with Crippen LogP contribution in [-0.2, 0) is 10.5 Å². The van der Waals surface area contributed by atoms with E-state index >= 15 is 0 Å². The molecule has 0 amide bonds. The standard InChI is InChI=1S/C20H16ClNO4/c1-20(13-3-5-14(21)6-4-13)25-17-9-11-7-15(19(23)24-2)16(22)8-12(11)10-18(17)26-20/h3-10H,22H2,1-2H3. The van der Waals surface area contributed by atoms with E-state index in [9.17, 15) is 4.79 Å². The number of hydrogen-bond donors (Lipinski definition) is 1. The SMILES string of the molecule is COC(=O)c1cc2cc3c(cc2cc1N)OC(C)(c1ccc(Cl)cc1)O3. The van der Waals surface area contributed by atoms with Crippen molar-refractivity contribution in [2.45, 2.75) is 12.7 Å². The highest BCUT2D eigenvalue weighted by molar-refractivity contribution is 6.30. The van der Waals surface area contributed by atoms with Gasteiger partial charge in [0, 0.05) is 23.2 Å². The second kappa shape index (κ2) is 5.81. The fraction of sp³-hybridized carbons (Fsp3) is 0.150. The second-order valence-electron chi connectivity index (χ2n) is 6.23. The van der Waals surface area contributed by atoms with Crippen molar-refractivity contribution >= 4 is 34.0 Å². The Morgan fingerprint density at radius 2 is 1.62 bits per heavy atom. The van der Waals surface area contributed by atoms with Gasteiger partial charge in [-0.25, -0.2) is 4.79 Å². The Hall–Kier alpha value is -2.92. The number of hydrogen-bond acceptors (Lipinski definition) is 5. The summed E-state index contributed by atoms with van der Waals surface area (Å²) < 4.78 is 16.9. The molecule has 132 valence electrons. The number of rotatable bonds is 2. The Morgan fingerprint density at radius 1 is 1.04 bits per heavy atom. The summed E-state index contributed by atoms with van der Waals surface area (Å²) in [5, 5.41) is 2.30. The van der Waals surface area contributed by atoms with E-state index in [1.165, 1.54) is 7.11 Å². The molecule has 3 aromatic rings. The van der Waals surface area contributed by atoms with Gasteiger partial charge in [0.05, 0.1) is 12.7 Å². The Bertz CT molecular complexity index is 1030. The molecule has 1 aliphatic rings. The molecule has 0 bridgehead atoms. The molecule has 0 aliphatic carbocycles. The number of methoxy groups -OCH3 is 1. The van der Waals surface area contributed by atoms with Gasteiger partial charge in [-0.2, -0.15) is 0 Å². The molecule has 0 saturated carbocycles. The molecular weight excluding hydrogens is 354 g/mol. The average Bonchev–Trinajstić information content (AvgIpc) is 2.95. The molecule has 1 aliphatic heterocycles. The van der Waals surface area contributed by atoms with E-state index in [0.29, 0.717) is 27.8 Å². The first-order valence-electron chi connectivity index (χ1n) is 7.99. The van der Waals surface area contributed by atoms with Gasteiger partial charge in [-0.1, -0.05) is 11.6 Å². The maximum atomic E-state index is 11.9. The Balaban J connectivity index is 1.77. The maximum Gasteiger partial charge on any atom is 0.339 e. The summed E-state index contributed by atoms with van der Waals surface area (Å²) >= 11 is 5.96. The van der Waals surface area contributed by atoms with Crippen molar-refractivity contribution in [1.82, 2.24) is 0 Å². The summed E-state index contributed by atoms with van der Waals surface area (Å²) in [5.74, 6) is -0.232. The van der Waals surface area contributed by atoms with Crippen LogP contribution in [0.25, 0.3) is 10.8 Å². The van der Waals surface area contributed by atoms with Crippen LogP contribution in [0.15, 0.2) is 48.5 Å². The normalized spacial score (nSPS) is 18.1. The molecule has 1 heterocycles. The summed E-state index contributed by atoms with van der Waals surface area (Å²) in [6.07, 6.45) is 0. The summed E-state index contributed by atoms with van der Waals surface area (Å²) in [4.78, 5) is 11.9. The molecule has 2 N–H and O–H groups in total. The summed E-state index contributed by atoms with van der Waals surface area (Å²) in [6, 6.07) is 14.4. The zero-order valence-corrected chi connectivity index (χ0v) is 15.0. The van der Waals surface area contributed by atoms with Crippen molar-refractivity contribution in [2.24, 2.45) is 0 Å². The van der Waals surface area contributed by atoms with Crippen LogP contribution >= 0.6 is 11.6 Å². The van der Waals surface area contributed by atoms with E-state index in [1.54, 1.807) is 24.3 Å². The van der Waals surface area contributed by atoms with Crippen LogP contribution in [0.1, 0.15) is 22.8 Å². The largest absolute Gasteiger partial charge is 0.465 e. The van der Waals surface area contributed by atoms with Crippen molar-refractivity contribution < 1.29 is 19.0 Å². The van der Waals surface area contributed by atoms with E-state index in [4.69, 9.17) is 31.5 Å². The lowest BCUT2D eigenvalue weighted by Gasteiger charge is -2.23. The van der Waals surface area contributed by atoms with Crippen molar-refractivity contribution in [1.29, 1.82) is 0 Å². The van der Waals surface area contributed by atoms with Crippen LogP contribution in [0.4, 0.5) is 5.69 Å². The van der Waals surface area contributed by atoms with Gasteiger partial charge in [-0.3, -0.25) is 0 Å². The van der Waals surface area contributed by atoms with Crippen molar-refractivity contribution in [3.05, 3.63) is 64.7 Å². The third kappa shape index (κ3) is 2.61.